The highest BCUT2D eigenvalue weighted by Crippen LogP contribution is 2.36. The predicted octanol–water partition coefficient (Wildman–Crippen LogP) is 8.43. The third kappa shape index (κ3) is 8.36. The van der Waals surface area contributed by atoms with Crippen molar-refractivity contribution in [2.75, 3.05) is 6.61 Å². The second kappa shape index (κ2) is 13.8. The summed E-state index contributed by atoms with van der Waals surface area (Å²) >= 11 is 0. The van der Waals surface area contributed by atoms with Crippen LogP contribution >= 0.6 is 0 Å². The summed E-state index contributed by atoms with van der Waals surface area (Å²) in [6.45, 7) is 3.18. The number of nitriles is 1. The lowest BCUT2D eigenvalue weighted by Gasteiger charge is -2.32. The van der Waals surface area contributed by atoms with E-state index in [1.54, 1.807) is 6.07 Å². The number of unbranched alkanes of at least 4 members (excludes halogenated alkanes) is 2. The zero-order chi connectivity index (χ0) is 22.6. The van der Waals surface area contributed by atoms with Crippen molar-refractivity contribution in [3.63, 3.8) is 0 Å². The van der Waals surface area contributed by atoms with Gasteiger partial charge < -0.3 is 4.74 Å². The standard InChI is InChI=1S/C29H42FNO/c1-2-3-4-6-23-13-15-26(16-14-23)27-17-19-29(20-18-27)32-22-25-11-9-24(10-12-25)7-5-8-28(30)21-31/h8,13-16,24-25,27,29H,2-7,9-12,17-20,22H2,1H3. The molecule has 0 aliphatic heterocycles. The van der Waals surface area contributed by atoms with Gasteiger partial charge in [-0.05, 0) is 99.2 Å². The quantitative estimate of drug-likeness (QED) is 0.256. The molecule has 2 nitrogen and oxygen atoms in total. The summed E-state index contributed by atoms with van der Waals surface area (Å²) in [6.07, 6.45) is 18.5. The van der Waals surface area contributed by atoms with E-state index in [9.17, 15) is 4.39 Å². The van der Waals surface area contributed by atoms with Gasteiger partial charge in [0.15, 0.2) is 5.83 Å². The summed E-state index contributed by atoms with van der Waals surface area (Å²) in [7, 11) is 0. The van der Waals surface area contributed by atoms with E-state index in [2.05, 4.69) is 31.2 Å². The maximum absolute atomic E-state index is 12.9. The monoisotopic (exact) mass is 439 g/mol. The molecule has 0 N–H and O–H groups in total. The number of rotatable bonds is 11. The van der Waals surface area contributed by atoms with Crippen molar-refractivity contribution in [1.82, 2.24) is 0 Å². The zero-order valence-electron chi connectivity index (χ0n) is 20.0. The summed E-state index contributed by atoms with van der Waals surface area (Å²) in [6, 6.07) is 11.0. The average molecular weight is 440 g/mol. The molecule has 2 aliphatic rings. The van der Waals surface area contributed by atoms with Crippen LogP contribution in [-0.4, -0.2) is 12.7 Å². The molecule has 2 aliphatic carbocycles. The largest absolute Gasteiger partial charge is 0.378 e. The second-order valence-electron chi connectivity index (χ2n) is 10.1. The minimum absolute atomic E-state index is 0.441. The van der Waals surface area contributed by atoms with E-state index in [0.717, 1.165) is 13.0 Å². The van der Waals surface area contributed by atoms with E-state index in [-0.39, 0.29) is 0 Å². The first kappa shape index (κ1) is 25.0. The first-order chi connectivity index (χ1) is 15.7. The van der Waals surface area contributed by atoms with E-state index < -0.39 is 5.83 Å². The Morgan fingerprint density at radius 1 is 1.00 bits per heavy atom. The molecule has 1 aromatic carbocycles. The number of ether oxygens (including phenoxy) is 1. The van der Waals surface area contributed by atoms with Gasteiger partial charge in [0.2, 0.25) is 0 Å². The van der Waals surface area contributed by atoms with Gasteiger partial charge in [-0.1, -0.05) is 56.9 Å². The Hall–Kier alpha value is -1.66. The Labute approximate surface area is 195 Å². The number of hydrogen-bond acceptors (Lipinski definition) is 2. The highest BCUT2D eigenvalue weighted by molar-refractivity contribution is 5.26. The van der Waals surface area contributed by atoms with Crippen molar-refractivity contribution >= 4 is 0 Å². The van der Waals surface area contributed by atoms with Gasteiger partial charge in [-0.3, -0.25) is 0 Å². The van der Waals surface area contributed by atoms with Gasteiger partial charge >= 0.3 is 0 Å². The van der Waals surface area contributed by atoms with Gasteiger partial charge in [-0.2, -0.15) is 9.65 Å². The molecular formula is C29H42FNO. The fourth-order valence-corrected chi connectivity index (χ4v) is 5.55. The molecule has 2 saturated carbocycles. The summed E-state index contributed by atoms with van der Waals surface area (Å²) < 4.78 is 19.2. The van der Waals surface area contributed by atoms with Gasteiger partial charge in [-0.15, -0.1) is 0 Å². The summed E-state index contributed by atoms with van der Waals surface area (Å²) in [5.41, 5.74) is 3.00. The molecule has 176 valence electrons. The van der Waals surface area contributed by atoms with Crippen molar-refractivity contribution in [2.45, 2.75) is 109 Å². The van der Waals surface area contributed by atoms with Gasteiger partial charge in [0.25, 0.3) is 0 Å². The molecule has 3 heteroatoms. The number of hydrogen-bond donors (Lipinski definition) is 0. The number of aryl methyl sites for hydroxylation is 1. The molecule has 32 heavy (non-hydrogen) atoms. The summed E-state index contributed by atoms with van der Waals surface area (Å²) in [4.78, 5) is 0. The Morgan fingerprint density at radius 3 is 2.34 bits per heavy atom. The Morgan fingerprint density at radius 2 is 1.69 bits per heavy atom. The lowest BCUT2D eigenvalue weighted by atomic mass is 9.80. The van der Waals surface area contributed by atoms with Gasteiger partial charge in [0, 0.05) is 6.61 Å². The van der Waals surface area contributed by atoms with Crippen LogP contribution in [0.3, 0.4) is 0 Å². The lowest BCUT2D eigenvalue weighted by molar-refractivity contribution is -0.00474. The molecule has 0 radical (unpaired) electrons. The number of allylic oxidation sites excluding steroid dienone is 2. The molecule has 1 aromatic rings. The van der Waals surface area contributed by atoms with Gasteiger partial charge in [-0.25, -0.2) is 0 Å². The molecule has 0 atom stereocenters. The molecule has 3 rings (SSSR count). The number of halogens is 1. The van der Waals surface area contributed by atoms with Crippen LogP contribution in [0.5, 0.6) is 0 Å². The first-order valence-electron chi connectivity index (χ1n) is 13.1. The van der Waals surface area contributed by atoms with Crippen LogP contribution in [0.25, 0.3) is 0 Å². The molecule has 0 spiro atoms. The minimum Gasteiger partial charge on any atom is -0.378 e. The van der Waals surface area contributed by atoms with Crippen LogP contribution in [0.4, 0.5) is 4.39 Å². The van der Waals surface area contributed by atoms with Crippen LogP contribution in [0, 0.1) is 23.2 Å². The fourth-order valence-electron chi connectivity index (χ4n) is 5.55. The van der Waals surface area contributed by atoms with E-state index in [0.29, 0.717) is 30.3 Å². The smallest absolute Gasteiger partial charge is 0.196 e. The van der Waals surface area contributed by atoms with Crippen molar-refractivity contribution in [1.29, 1.82) is 5.26 Å². The number of benzene rings is 1. The zero-order valence-corrected chi connectivity index (χ0v) is 20.0. The Kier molecular flexibility index (Phi) is 10.8. The first-order valence-corrected chi connectivity index (χ1v) is 13.1. The molecule has 2 fully saturated rings. The normalized spacial score (nSPS) is 26.6. The van der Waals surface area contributed by atoms with Crippen molar-refractivity contribution in [2.24, 2.45) is 11.8 Å². The fraction of sp³-hybridized carbons (Fsp3) is 0.690. The minimum atomic E-state index is -0.638. The molecule has 0 amide bonds. The van der Waals surface area contributed by atoms with Crippen LogP contribution in [0.1, 0.15) is 107 Å². The molecule has 0 saturated heterocycles. The summed E-state index contributed by atoms with van der Waals surface area (Å²) in [5, 5.41) is 8.48. The van der Waals surface area contributed by atoms with E-state index in [4.69, 9.17) is 10.00 Å². The lowest BCUT2D eigenvalue weighted by Crippen LogP contribution is -2.25. The Balaban J connectivity index is 1.29. The van der Waals surface area contributed by atoms with Gasteiger partial charge in [0.05, 0.1) is 6.10 Å². The molecule has 0 aromatic heterocycles. The highest BCUT2D eigenvalue weighted by Gasteiger charge is 2.25. The topological polar surface area (TPSA) is 33.0 Å². The second-order valence-corrected chi connectivity index (χ2v) is 10.1. The van der Waals surface area contributed by atoms with Crippen LogP contribution in [0.2, 0.25) is 0 Å². The Bertz CT molecular complexity index is 719. The highest BCUT2D eigenvalue weighted by atomic mass is 19.1. The van der Waals surface area contributed by atoms with Crippen LogP contribution in [-0.2, 0) is 11.2 Å². The summed E-state index contributed by atoms with van der Waals surface area (Å²) in [5.74, 6) is 1.44. The number of nitrogens with zero attached hydrogens (tertiary/aromatic N) is 1. The average Bonchev–Trinajstić information content (AvgIpc) is 2.84. The van der Waals surface area contributed by atoms with Crippen molar-refractivity contribution in [3.8, 4) is 6.07 Å². The molecule has 0 unspecified atom stereocenters. The SMILES string of the molecule is CCCCCc1ccc(C2CCC(OCC3CCC(CCC=C(F)C#N)CC3)CC2)cc1. The van der Waals surface area contributed by atoms with Crippen molar-refractivity contribution in [3.05, 3.63) is 47.3 Å². The third-order valence-electron chi connectivity index (χ3n) is 7.73. The van der Waals surface area contributed by atoms with E-state index in [1.165, 1.54) is 94.3 Å². The molecular weight excluding hydrogens is 397 g/mol. The van der Waals surface area contributed by atoms with E-state index in [1.807, 2.05) is 0 Å². The van der Waals surface area contributed by atoms with Crippen LogP contribution in [0.15, 0.2) is 36.2 Å². The third-order valence-corrected chi connectivity index (χ3v) is 7.73. The maximum atomic E-state index is 12.9. The molecule has 0 heterocycles. The predicted molar refractivity (Wildman–Crippen MR) is 130 cm³/mol. The molecule has 0 bridgehead atoms. The van der Waals surface area contributed by atoms with Gasteiger partial charge in [0.1, 0.15) is 6.07 Å². The van der Waals surface area contributed by atoms with Crippen molar-refractivity contribution < 1.29 is 9.13 Å². The maximum Gasteiger partial charge on any atom is 0.196 e. The van der Waals surface area contributed by atoms with Crippen LogP contribution < -0.4 is 0 Å². The van der Waals surface area contributed by atoms with E-state index >= 15 is 0 Å².